The standard InChI is InChI=1S/C15H17F3O/c16-15(17,18)13-5-3-12(4-6-13)14(19)8-10-1-2-11(7-10)9-14/h3-6,10-11,19H,1-2,7-9H2/t10-,11+,14?. The molecule has 2 bridgehead atoms. The SMILES string of the molecule is OC1(c2ccc(C(F)(F)F)cc2)C[C@@H]2CC[C@@H](C2)C1. The second kappa shape index (κ2) is 4.23. The molecule has 1 aromatic rings. The van der Waals surface area contributed by atoms with E-state index in [1.807, 2.05) is 0 Å². The lowest BCUT2D eigenvalue weighted by Gasteiger charge is -2.36. The zero-order valence-electron chi connectivity index (χ0n) is 10.6. The number of hydrogen-bond acceptors (Lipinski definition) is 1. The van der Waals surface area contributed by atoms with E-state index in [4.69, 9.17) is 0 Å². The molecule has 2 fully saturated rings. The molecule has 19 heavy (non-hydrogen) atoms. The van der Waals surface area contributed by atoms with E-state index >= 15 is 0 Å². The third-order valence-corrected chi connectivity index (χ3v) is 4.65. The van der Waals surface area contributed by atoms with Crippen LogP contribution in [0.3, 0.4) is 0 Å². The van der Waals surface area contributed by atoms with Crippen molar-refractivity contribution in [3.8, 4) is 0 Å². The van der Waals surface area contributed by atoms with E-state index in [0.29, 0.717) is 30.2 Å². The second-order valence-corrected chi connectivity index (χ2v) is 6.06. The van der Waals surface area contributed by atoms with Gasteiger partial charge in [-0.1, -0.05) is 25.0 Å². The minimum atomic E-state index is -4.31. The molecule has 0 radical (unpaired) electrons. The molecule has 2 aliphatic carbocycles. The van der Waals surface area contributed by atoms with Crippen molar-refractivity contribution in [2.45, 2.75) is 43.9 Å². The van der Waals surface area contributed by atoms with Gasteiger partial charge < -0.3 is 5.11 Å². The van der Waals surface area contributed by atoms with Crippen LogP contribution in [0.4, 0.5) is 13.2 Å². The minimum Gasteiger partial charge on any atom is -0.385 e. The summed E-state index contributed by atoms with van der Waals surface area (Å²) in [6, 6.07) is 5.02. The third kappa shape index (κ3) is 2.38. The average Bonchev–Trinajstić information content (AvgIpc) is 2.68. The quantitative estimate of drug-likeness (QED) is 0.814. The van der Waals surface area contributed by atoms with Crippen molar-refractivity contribution in [1.82, 2.24) is 0 Å². The third-order valence-electron chi connectivity index (χ3n) is 4.65. The van der Waals surface area contributed by atoms with E-state index in [2.05, 4.69) is 0 Å². The summed E-state index contributed by atoms with van der Waals surface area (Å²) in [5, 5.41) is 10.7. The largest absolute Gasteiger partial charge is 0.416 e. The van der Waals surface area contributed by atoms with Crippen LogP contribution in [0.25, 0.3) is 0 Å². The maximum Gasteiger partial charge on any atom is 0.416 e. The van der Waals surface area contributed by atoms with Gasteiger partial charge in [0.05, 0.1) is 11.2 Å². The van der Waals surface area contributed by atoms with E-state index < -0.39 is 17.3 Å². The number of alkyl halides is 3. The van der Waals surface area contributed by atoms with E-state index in [0.717, 1.165) is 25.0 Å². The topological polar surface area (TPSA) is 20.2 Å². The highest BCUT2D eigenvalue weighted by Crippen LogP contribution is 2.50. The molecule has 0 saturated heterocycles. The maximum absolute atomic E-state index is 12.5. The lowest BCUT2D eigenvalue weighted by Crippen LogP contribution is -2.33. The van der Waals surface area contributed by atoms with Gasteiger partial charge in [-0.05, 0) is 48.8 Å². The summed E-state index contributed by atoms with van der Waals surface area (Å²) in [6.07, 6.45) is 0.528. The molecule has 1 unspecified atom stereocenters. The summed E-state index contributed by atoms with van der Waals surface area (Å²) < 4.78 is 37.6. The molecule has 104 valence electrons. The minimum absolute atomic E-state index is 0.533. The Morgan fingerprint density at radius 1 is 1.00 bits per heavy atom. The van der Waals surface area contributed by atoms with Crippen molar-refractivity contribution in [2.75, 3.05) is 0 Å². The monoisotopic (exact) mass is 270 g/mol. The van der Waals surface area contributed by atoms with Crippen LogP contribution >= 0.6 is 0 Å². The van der Waals surface area contributed by atoms with Crippen molar-refractivity contribution in [2.24, 2.45) is 11.8 Å². The smallest absolute Gasteiger partial charge is 0.385 e. The molecule has 0 heterocycles. The first-order valence-electron chi connectivity index (χ1n) is 6.77. The normalized spacial score (nSPS) is 34.5. The number of benzene rings is 1. The molecule has 2 saturated carbocycles. The van der Waals surface area contributed by atoms with Crippen molar-refractivity contribution >= 4 is 0 Å². The Balaban J connectivity index is 1.86. The summed E-state index contributed by atoms with van der Waals surface area (Å²) >= 11 is 0. The second-order valence-electron chi connectivity index (χ2n) is 6.06. The molecule has 0 spiro atoms. The van der Waals surface area contributed by atoms with Gasteiger partial charge in [0, 0.05) is 0 Å². The molecule has 0 amide bonds. The van der Waals surface area contributed by atoms with Gasteiger partial charge >= 0.3 is 6.18 Å². The van der Waals surface area contributed by atoms with Gasteiger partial charge in [0.15, 0.2) is 0 Å². The summed E-state index contributed by atoms with van der Waals surface area (Å²) in [5.74, 6) is 1.07. The number of halogens is 3. The van der Waals surface area contributed by atoms with E-state index in [1.54, 1.807) is 0 Å². The molecular weight excluding hydrogens is 253 g/mol. The Hall–Kier alpha value is -1.03. The Labute approximate surface area is 110 Å². The van der Waals surface area contributed by atoms with Crippen LogP contribution in [0, 0.1) is 11.8 Å². The predicted octanol–water partition coefficient (Wildman–Crippen LogP) is 4.10. The van der Waals surface area contributed by atoms with Gasteiger partial charge in [0.1, 0.15) is 0 Å². The number of rotatable bonds is 1. The molecule has 3 atom stereocenters. The number of aliphatic hydroxyl groups is 1. The molecular formula is C15H17F3O. The fourth-order valence-corrected chi connectivity index (χ4v) is 3.79. The first-order chi connectivity index (χ1) is 8.87. The van der Waals surface area contributed by atoms with Gasteiger partial charge in [-0.3, -0.25) is 0 Å². The van der Waals surface area contributed by atoms with Crippen LogP contribution < -0.4 is 0 Å². The van der Waals surface area contributed by atoms with Gasteiger partial charge in [-0.25, -0.2) is 0 Å². The fraction of sp³-hybridized carbons (Fsp3) is 0.600. The molecule has 3 rings (SSSR count). The number of hydrogen-bond donors (Lipinski definition) is 1. The molecule has 1 N–H and O–H groups in total. The van der Waals surface area contributed by atoms with Gasteiger partial charge in [0.25, 0.3) is 0 Å². The summed E-state index contributed by atoms with van der Waals surface area (Å²) in [7, 11) is 0. The Bertz CT molecular complexity index is 451. The average molecular weight is 270 g/mol. The van der Waals surface area contributed by atoms with Gasteiger partial charge in [0.2, 0.25) is 0 Å². The van der Waals surface area contributed by atoms with Gasteiger partial charge in [-0.15, -0.1) is 0 Å². The van der Waals surface area contributed by atoms with Crippen molar-refractivity contribution < 1.29 is 18.3 Å². The molecule has 1 nitrogen and oxygen atoms in total. The van der Waals surface area contributed by atoms with Gasteiger partial charge in [-0.2, -0.15) is 13.2 Å². The lowest BCUT2D eigenvalue weighted by atomic mass is 9.74. The van der Waals surface area contributed by atoms with E-state index in [9.17, 15) is 18.3 Å². The number of fused-ring (bicyclic) bond motifs is 2. The molecule has 4 heteroatoms. The van der Waals surface area contributed by atoms with Crippen molar-refractivity contribution in [3.63, 3.8) is 0 Å². The fourth-order valence-electron chi connectivity index (χ4n) is 3.79. The molecule has 0 aromatic heterocycles. The Morgan fingerprint density at radius 2 is 1.53 bits per heavy atom. The highest BCUT2D eigenvalue weighted by molar-refractivity contribution is 5.29. The first-order valence-corrected chi connectivity index (χ1v) is 6.77. The predicted molar refractivity (Wildman–Crippen MR) is 65.4 cm³/mol. The summed E-state index contributed by atoms with van der Waals surface area (Å²) in [5.41, 5.74) is -0.940. The van der Waals surface area contributed by atoms with Crippen LogP contribution in [0.5, 0.6) is 0 Å². The molecule has 2 aliphatic rings. The summed E-state index contributed by atoms with van der Waals surface area (Å²) in [4.78, 5) is 0. The summed E-state index contributed by atoms with van der Waals surface area (Å²) in [6.45, 7) is 0. The highest BCUT2D eigenvalue weighted by atomic mass is 19.4. The van der Waals surface area contributed by atoms with Crippen molar-refractivity contribution in [1.29, 1.82) is 0 Å². The lowest BCUT2D eigenvalue weighted by molar-refractivity contribution is -0.137. The van der Waals surface area contributed by atoms with Crippen LogP contribution in [0.2, 0.25) is 0 Å². The van der Waals surface area contributed by atoms with E-state index in [-0.39, 0.29) is 0 Å². The Morgan fingerprint density at radius 3 is 2.00 bits per heavy atom. The van der Waals surface area contributed by atoms with Crippen LogP contribution in [-0.2, 0) is 11.8 Å². The maximum atomic E-state index is 12.5. The van der Waals surface area contributed by atoms with Crippen LogP contribution in [0.1, 0.15) is 43.2 Å². The van der Waals surface area contributed by atoms with Crippen LogP contribution in [-0.4, -0.2) is 5.11 Å². The zero-order chi connectivity index (χ0) is 13.7. The zero-order valence-corrected chi connectivity index (χ0v) is 10.6. The van der Waals surface area contributed by atoms with E-state index in [1.165, 1.54) is 18.6 Å². The molecule has 1 aromatic carbocycles. The van der Waals surface area contributed by atoms with Crippen LogP contribution in [0.15, 0.2) is 24.3 Å². The van der Waals surface area contributed by atoms with Crippen molar-refractivity contribution in [3.05, 3.63) is 35.4 Å². The highest BCUT2D eigenvalue weighted by Gasteiger charge is 2.43. The first kappa shape index (κ1) is 13.0. The Kier molecular flexibility index (Phi) is 2.89. The molecule has 0 aliphatic heterocycles.